The largest absolute Gasteiger partial charge is 0.387 e. The Hall–Kier alpha value is -4.43. The monoisotopic (exact) mass is 614 g/mol. The topological polar surface area (TPSA) is 168 Å². The van der Waals surface area contributed by atoms with Gasteiger partial charge >= 0.3 is 0 Å². The van der Waals surface area contributed by atoms with Crippen molar-refractivity contribution in [3.63, 3.8) is 0 Å². The number of rotatable bonds is 12. The molecule has 0 radical (unpaired) electrons. The lowest BCUT2D eigenvalue weighted by atomic mass is 9.91. The van der Waals surface area contributed by atoms with Crippen molar-refractivity contribution >= 4 is 22.9 Å². The average Bonchev–Trinajstić information content (AvgIpc) is 3.78. The van der Waals surface area contributed by atoms with Crippen LogP contribution < -0.4 is 10.2 Å². The van der Waals surface area contributed by atoms with Crippen molar-refractivity contribution in [1.82, 2.24) is 29.7 Å². The standard InChI is InChI=1S/C32H38N8O5/c1-4-23-35-30(45-38-23)27-25(42)26(43)31(44-27)40-17-34-24-28(36-32(37-29(24)40)39(18-41)16-19(2)3)33-15-22(20-11-7-5-8-12-20)21-13-9-6-10-14-21/h5-14,17,19,22,25-27,31,41-43H,4,15-16,18H2,1-3H3,(H,33,36,37)/t25-,26+,27-,31+/m0/s1. The van der Waals surface area contributed by atoms with E-state index in [4.69, 9.17) is 19.2 Å². The van der Waals surface area contributed by atoms with Crippen LogP contribution in [0, 0.1) is 5.92 Å². The number of anilines is 2. The highest BCUT2D eigenvalue weighted by Gasteiger charge is 2.47. The van der Waals surface area contributed by atoms with Crippen LogP contribution in [0.1, 0.15) is 61.9 Å². The third-order valence-corrected chi connectivity index (χ3v) is 7.88. The number of imidazole rings is 1. The molecule has 0 spiro atoms. The number of benzene rings is 2. The number of fused-ring (bicyclic) bond motifs is 1. The lowest BCUT2D eigenvalue weighted by Crippen LogP contribution is -2.31. The number of nitrogens with one attached hydrogen (secondary N) is 1. The van der Waals surface area contributed by atoms with Crippen LogP contribution in [0.25, 0.3) is 11.2 Å². The highest BCUT2D eigenvalue weighted by Crippen LogP contribution is 2.40. The maximum absolute atomic E-state index is 11.1. The first kappa shape index (κ1) is 30.6. The molecule has 0 saturated carbocycles. The van der Waals surface area contributed by atoms with Crippen molar-refractivity contribution in [1.29, 1.82) is 0 Å². The van der Waals surface area contributed by atoms with Crippen LogP contribution in [0.3, 0.4) is 0 Å². The van der Waals surface area contributed by atoms with Crippen LogP contribution in [0.5, 0.6) is 0 Å². The molecule has 45 heavy (non-hydrogen) atoms. The van der Waals surface area contributed by atoms with Crippen LogP contribution in [0.15, 0.2) is 71.5 Å². The summed E-state index contributed by atoms with van der Waals surface area (Å²) in [5.41, 5.74) is 3.08. The molecule has 0 unspecified atom stereocenters. The van der Waals surface area contributed by atoms with E-state index in [0.717, 1.165) is 11.1 Å². The molecule has 0 aliphatic carbocycles. The Morgan fingerprint density at radius 1 is 0.956 bits per heavy atom. The van der Waals surface area contributed by atoms with E-state index < -0.39 is 24.5 Å². The predicted octanol–water partition coefficient (Wildman–Crippen LogP) is 3.42. The molecule has 3 aromatic heterocycles. The third kappa shape index (κ3) is 6.25. The summed E-state index contributed by atoms with van der Waals surface area (Å²) in [5.74, 6) is 1.52. The smallest absolute Gasteiger partial charge is 0.258 e. The van der Waals surface area contributed by atoms with Gasteiger partial charge < -0.3 is 34.8 Å². The van der Waals surface area contributed by atoms with Crippen LogP contribution in [0.4, 0.5) is 11.8 Å². The Morgan fingerprint density at radius 3 is 2.24 bits per heavy atom. The summed E-state index contributed by atoms with van der Waals surface area (Å²) < 4.78 is 13.0. The van der Waals surface area contributed by atoms with Gasteiger partial charge in [0.2, 0.25) is 5.95 Å². The summed E-state index contributed by atoms with van der Waals surface area (Å²) in [6, 6.07) is 20.4. The fourth-order valence-electron chi connectivity index (χ4n) is 5.62. The summed E-state index contributed by atoms with van der Waals surface area (Å²) >= 11 is 0. The number of aliphatic hydroxyl groups is 3. The molecule has 4 N–H and O–H groups in total. The highest BCUT2D eigenvalue weighted by molar-refractivity contribution is 5.84. The number of nitrogens with zero attached hydrogens (tertiary/aromatic N) is 7. The Labute approximate surface area is 260 Å². The van der Waals surface area contributed by atoms with Crippen molar-refractivity contribution in [3.8, 4) is 0 Å². The lowest BCUT2D eigenvalue weighted by molar-refractivity contribution is -0.0451. The van der Waals surface area contributed by atoms with E-state index in [1.165, 1.54) is 6.33 Å². The molecule has 0 amide bonds. The lowest BCUT2D eigenvalue weighted by Gasteiger charge is -2.24. The van der Waals surface area contributed by atoms with Gasteiger partial charge in [0.1, 0.15) is 18.9 Å². The number of hydrogen-bond donors (Lipinski definition) is 4. The van der Waals surface area contributed by atoms with Gasteiger partial charge in [0, 0.05) is 25.4 Å². The second kappa shape index (κ2) is 13.3. The maximum atomic E-state index is 11.1. The van der Waals surface area contributed by atoms with Crippen LogP contribution in [0.2, 0.25) is 0 Å². The molecule has 13 nitrogen and oxygen atoms in total. The molecule has 4 atom stereocenters. The summed E-state index contributed by atoms with van der Waals surface area (Å²) in [6.07, 6.45) is -2.72. The van der Waals surface area contributed by atoms with Gasteiger partial charge in [-0.1, -0.05) is 86.6 Å². The number of hydrogen-bond acceptors (Lipinski definition) is 12. The zero-order valence-corrected chi connectivity index (χ0v) is 25.4. The van der Waals surface area contributed by atoms with Crippen molar-refractivity contribution in [2.45, 2.75) is 57.6 Å². The molecule has 4 heterocycles. The molecule has 236 valence electrons. The van der Waals surface area contributed by atoms with E-state index >= 15 is 0 Å². The van der Waals surface area contributed by atoms with Crippen LogP contribution in [-0.4, -0.2) is 77.0 Å². The normalized spacial score (nSPS) is 20.0. The summed E-state index contributed by atoms with van der Waals surface area (Å²) in [7, 11) is 0. The van der Waals surface area contributed by atoms with Crippen molar-refractivity contribution < 1.29 is 24.6 Å². The molecule has 6 rings (SSSR count). The number of aromatic nitrogens is 6. The van der Waals surface area contributed by atoms with Crippen molar-refractivity contribution in [2.24, 2.45) is 5.92 Å². The molecule has 2 aromatic carbocycles. The van der Waals surface area contributed by atoms with E-state index in [-0.39, 0.29) is 30.4 Å². The molecule has 0 bridgehead atoms. The third-order valence-electron chi connectivity index (χ3n) is 7.88. The van der Waals surface area contributed by atoms with Gasteiger partial charge in [-0.05, 0) is 17.0 Å². The second-order valence-corrected chi connectivity index (χ2v) is 11.5. The van der Waals surface area contributed by atoms with E-state index in [1.807, 2.05) is 57.2 Å². The van der Waals surface area contributed by atoms with Gasteiger partial charge in [-0.15, -0.1) is 0 Å². The number of aliphatic hydroxyl groups excluding tert-OH is 3. The second-order valence-electron chi connectivity index (χ2n) is 11.5. The zero-order valence-electron chi connectivity index (χ0n) is 25.4. The average molecular weight is 615 g/mol. The van der Waals surface area contributed by atoms with Gasteiger partial charge in [-0.3, -0.25) is 4.57 Å². The first-order valence-electron chi connectivity index (χ1n) is 15.2. The fraction of sp³-hybridized carbons (Fsp3) is 0.406. The van der Waals surface area contributed by atoms with Gasteiger partial charge in [0.25, 0.3) is 5.89 Å². The van der Waals surface area contributed by atoms with Gasteiger partial charge in [-0.25, -0.2) is 4.98 Å². The Bertz CT molecular complexity index is 1660. The molecule has 13 heteroatoms. The molecular formula is C32H38N8O5. The Kier molecular flexibility index (Phi) is 9.03. The first-order chi connectivity index (χ1) is 21.9. The Morgan fingerprint density at radius 2 is 1.64 bits per heavy atom. The fourth-order valence-corrected chi connectivity index (χ4v) is 5.62. The minimum absolute atomic E-state index is 0.00544. The molecule has 1 aliphatic rings. The minimum atomic E-state index is -1.34. The molecule has 1 saturated heterocycles. The van der Waals surface area contributed by atoms with Crippen molar-refractivity contribution in [3.05, 3.63) is 89.8 Å². The quantitative estimate of drug-likeness (QED) is 0.151. The SMILES string of the molecule is CCc1noc([C@H]2O[C@@H](n3cnc4c(NCC(c5ccccc5)c5ccccc5)nc(N(CO)CC(C)C)nc43)[C@H](O)[C@@H]2O)n1. The molecule has 1 aliphatic heterocycles. The van der Waals surface area contributed by atoms with Gasteiger partial charge in [-0.2, -0.15) is 15.0 Å². The summed E-state index contributed by atoms with van der Waals surface area (Å²) in [4.78, 5) is 20.2. The van der Waals surface area contributed by atoms with E-state index in [0.29, 0.717) is 42.3 Å². The molecule has 5 aromatic rings. The Balaban J connectivity index is 1.38. The van der Waals surface area contributed by atoms with E-state index in [1.54, 1.807) is 9.47 Å². The van der Waals surface area contributed by atoms with Gasteiger partial charge in [0.05, 0.1) is 6.33 Å². The van der Waals surface area contributed by atoms with E-state index in [9.17, 15) is 15.3 Å². The van der Waals surface area contributed by atoms with Crippen LogP contribution >= 0.6 is 0 Å². The maximum Gasteiger partial charge on any atom is 0.258 e. The summed E-state index contributed by atoms with van der Waals surface area (Å²) in [5, 5.41) is 39.7. The van der Waals surface area contributed by atoms with Crippen LogP contribution in [-0.2, 0) is 11.2 Å². The predicted molar refractivity (Wildman–Crippen MR) is 166 cm³/mol. The summed E-state index contributed by atoms with van der Waals surface area (Å²) in [6.45, 7) is 6.67. The number of ether oxygens (including phenoxy) is 1. The molecular weight excluding hydrogens is 576 g/mol. The highest BCUT2D eigenvalue weighted by atomic mass is 16.6. The minimum Gasteiger partial charge on any atom is -0.387 e. The number of aryl methyl sites for hydroxylation is 1. The van der Waals surface area contributed by atoms with Crippen molar-refractivity contribution in [2.75, 3.05) is 30.0 Å². The molecule has 1 fully saturated rings. The zero-order chi connectivity index (χ0) is 31.5. The first-order valence-corrected chi connectivity index (χ1v) is 15.2. The van der Waals surface area contributed by atoms with Gasteiger partial charge in [0.15, 0.2) is 35.1 Å². The van der Waals surface area contributed by atoms with E-state index in [2.05, 4.69) is 44.7 Å².